The minimum absolute atomic E-state index is 0.0942. The third-order valence-electron chi connectivity index (χ3n) is 8.28. The number of nitrogens with one attached hydrogen (secondary N) is 2. The van der Waals surface area contributed by atoms with Gasteiger partial charge in [0.15, 0.2) is 0 Å². The highest BCUT2D eigenvalue weighted by Crippen LogP contribution is 2.35. The zero-order valence-electron chi connectivity index (χ0n) is 26.7. The quantitative estimate of drug-likeness (QED) is 0.158. The number of halogens is 1. The number of rotatable bonds is 9. The Hall–Kier alpha value is -5.28. The molecule has 2 saturated heterocycles. The molecule has 2 N–H and O–H groups in total. The van der Waals surface area contributed by atoms with Gasteiger partial charge in [0.2, 0.25) is 0 Å². The van der Waals surface area contributed by atoms with Gasteiger partial charge in [-0.05, 0) is 76.2 Å². The van der Waals surface area contributed by atoms with E-state index in [1.807, 2.05) is 18.2 Å². The molecule has 6 rings (SSSR count). The van der Waals surface area contributed by atoms with Gasteiger partial charge in [-0.25, -0.2) is 19.3 Å². The minimum Gasteiger partial charge on any atom is -0.495 e. The SMILES string of the molecule is C=CC=O.COc1cc2ncnc(Nc3ccc(Oc4ccnc(N5CCC(C#N)CC5)c4)cc3F)c2cc1NC1CCN(C)CC1. The molecule has 0 aliphatic carbocycles. The van der Waals surface area contributed by atoms with Crippen molar-refractivity contribution in [3.05, 3.63) is 73.5 Å². The van der Waals surface area contributed by atoms with Crippen molar-refractivity contribution < 1.29 is 18.7 Å². The van der Waals surface area contributed by atoms with Crippen LogP contribution in [0.3, 0.4) is 0 Å². The number of carbonyl (C=O) groups excluding carboxylic acids is 1. The lowest BCUT2D eigenvalue weighted by atomic mass is 9.99. The van der Waals surface area contributed by atoms with Crippen LogP contribution >= 0.6 is 0 Å². The lowest BCUT2D eigenvalue weighted by Gasteiger charge is -2.30. The number of nitrogens with zero attached hydrogens (tertiary/aromatic N) is 6. The molecule has 2 aliphatic heterocycles. The summed E-state index contributed by atoms with van der Waals surface area (Å²) in [4.78, 5) is 26.8. The highest BCUT2D eigenvalue weighted by atomic mass is 19.1. The smallest absolute Gasteiger partial charge is 0.150 e. The Kier molecular flexibility index (Phi) is 11.1. The van der Waals surface area contributed by atoms with Gasteiger partial charge in [-0.2, -0.15) is 5.26 Å². The third kappa shape index (κ3) is 8.51. The molecular weight excluding hydrogens is 599 g/mol. The van der Waals surface area contributed by atoms with Gasteiger partial charge in [0.1, 0.15) is 47.3 Å². The van der Waals surface area contributed by atoms with E-state index in [0.29, 0.717) is 40.9 Å². The predicted molar refractivity (Wildman–Crippen MR) is 181 cm³/mol. The topological polar surface area (TPSA) is 129 Å². The molecule has 0 spiro atoms. The molecule has 244 valence electrons. The maximum atomic E-state index is 15.3. The monoisotopic (exact) mass is 638 g/mol. The van der Waals surface area contributed by atoms with Gasteiger partial charge in [0, 0.05) is 54.8 Å². The summed E-state index contributed by atoms with van der Waals surface area (Å²) in [5, 5.41) is 16.7. The van der Waals surface area contributed by atoms with Crippen molar-refractivity contribution in [2.24, 2.45) is 5.92 Å². The summed E-state index contributed by atoms with van der Waals surface area (Å²) in [6.45, 7) is 6.72. The number of carbonyl (C=O) groups is 1. The van der Waals surface area contributed by atoms with Crippen molar-refractivity contribution in [2.75, 3.05) is 55.9 Å². The number of nitriles is 1. The van der Waals surface area contributed by atoms with E-state index in [1.54, 1.807) is 31.5 Å². The van der Waals surface area contributed by atoms with Crippen LogP contribution < -0.4 is 25.0 Å². The number of pyridine rings is 1. The molecule has 0 radical (unpaired) electrons. The standard InChI is InChI=1S/C32H35FN8O2.C3H4O/c1-40-11-8-22(9-12-40)38-29-17-25-28(18-30(29)42-2)36-20-37-32(25)39-27-4-3-23(15-26(27)33)43-24-5-10-35-31(16-24)41-13-6-21(19-34)7-14-41;1-2-3-4/h3-5,10,15-18,20-22,38H,6-9,11-14H2,1-2H3,(H,36,37,39);2-3H,1H2. The maximum Gasteiger partial charge on any atom is 0.150 e. The van der Waals surface area contributed by atoms with Crippen LogP contribution in [0, 0.1) is 23.1 Å². The highest BCUT2D eigenvalue weighted by molar-refractivity contribution is 5.95. The summed E-state index contributed by atoms with van der Waals surface area (Å²) in [6, 6.07) is 14.8. The Morgan fingerprint density at radius 1 is 1.00 bits per heavy atom. The number of piperidine rings is 2. The number of benzene rings is 2. The van der Waals surface area contributed by atoms with Gasteiger partial charge < -0.3 is 29.9 Å². The van der Waals surface area contributed by atoms with Crippen molar-refractivity contribution in [3.63, 3.8) is 0 Å². The third-order valence-corrected chi connectivity index (χ3v) is 8.28. The first kappa shape index (κ1) is 33.1. The Balaban J connectivity index is 0.00000103. The molecule has 2 aromatic carbocycles. The molecule has 0 amide bonds. The number of likely N-dealkylation sites (tertiary alicyclic amines) is 1. The van der Waals surface area contributed by atoms with Crippen LogP contribution in [-0.4, -0.2) is 72.5 Å². The second kappa shape index (κ2) is 15.8. The second-order valence-electron chi connectivity index (χ2n) is 11.5. The van der Waals surface area contributed by atoms with Gasteiger partial charge in [-0.15, -0.1) is 0 Å². The number of allylic oxidation sites excluding steroid dienone is 1. The molecule has 11 nitrogen and oxygen atoms in total. The average molecular weight is 639 g/mol. The fourth-order valence-electron chi connectivity index (χ4n) is 5.64. The van der Waals surface area contributed by atoms with Crippen molar-refractivity contribution in [1.29, 1.82) is 5.26 Å². The summed E-state index contributed by atoms with van der Waals surface area (Å²) < 4.78 is 27.0. The molecular formula is C35H39FN8O3. The first-order chi connectivity index (χ1) is 22.9. The fourth-order valence-corrected chi connectivity index (χ4v) is 5.64. The first-order valence-electron chi connectivity index (χ1n) is 15.6. The summed E-state index contributed by atoms with van der Waals surface area (Å²) in [7, 11) is 3.78. The van der Waals surface area contributed by atoms with E-state index in [2.05, 4.69) is 55.1 Å². The van der Waals surface area contributed by atoms with E-state index in [9.17, 15) is 0 Å². The Morgan fingerprint density at radius 3 is 2.43 bits per heavy atom. The van der Waals surface area contributed by atoms with Crippen LogP contribution in [0.15, 0.2) is 67.6 Å². The number of aldehydes is 1. The van der Waals surface area contributed by atoms with Gasteiger partial charge in [-0.1, -0.05) is 6.58 Å². The summed E-state index contributed by atoms with van der Waals surface area (Å²) >= 11 is 0. The number of aromatic nitrogens is 3. The largest absolute Gasteiger partial charge is 0.495 e. The van der Waals surface area contributed by atoms with Crippen LogP contribution in [0.4, 0.5) is 27.4 Å². The van der Waals surface area contributed by atoms with Gasteiger partial charge >= 0.3 is 0 Å². The maximum absolute atomic E-state index is 15.3. The molecule has 2 fully saturated rings. The molecule has 47 heavy (non-hydrogen) atoms. The zero-order chi connectivity index (χ0) is 33.2. The van der Waals surface area contributed by atoms with Crippen LogP contribution in [0.2, 0.25) is 0 Å². The van der Waals surface area contributed by atoms with Crippen LogP contribution in [0.25, 0.3) is 10.9 Å². The zero-order valence-corrected chi connectivity index (χ0v) is 26.7. The molecule has 4 aromatic rings. The lowest BCUT2D eigenvalue weighted by molar-refractivity contribution is -0.104. The van der Waals surface area contributed by atoms with Crippen molar-refractivity contribution in [1.82, 2.24) is 19.9 Å². The number of methoxy groups -OCH3 is 1. The van der Waals surface area contributed by atoms with Gasteiger partial charge in [-0.3, -0.25) is 4.79 Å². The van der Waals surface area contributed by atoms with Crippen molar-refractivity contribution in [2.45, 2.75) is 31.7 Å². The Morgan fingerprint density at radius 2 is 1.74 bits per heavy atom. The molecule has 2 aliphatic rings. The summed E-state index contributed by atoms with van der Waals surface area (Å²) in [5.74, 6) is 2.52. The average Bonchev–Trinajstić information content (AvgIpc) is 3.10. The van der Waals surface area contributed by atoms with Crippen LogP contribution in [-0.2, 0) is 4.79 Å². The Labute approximate surface area is 274 Å². The van der Waals surface area contributed by atoms with E-state index < -0.39 is 5.82 Å². The minimum atomic E-state index is -0.477. The number of anilines is 4. The fraction of sp³-hybridized carbons (Fsp3) is 0.343. The van der Waals surface area contributed by atoms with Crippen LogP contribution in [0.1, 0.15) is 25.7 Å². The number of ether oxygens (including phenoxy) is 2. The number of fused-ring (bicyclic) bond motifs is 1. The summed E-state index contributed by atoms with van der Waals surface area (Å²) in [6.07, 6.45) is 8.67. The van der Waals surface area contributed by atoms with E-state index >= 15 is 4.39 Å². The molecule has 0 saturated carbocycles. The van der Waals surface area contributed by atoms with Crippen molar-refractivity contribution >= 4 is 40.2 Å². The predicted octanol–water partition coefficient (Wildman–Crippen LogP) is 6.33. The van der Waals surface area contributed by atoms with Crippen molar-refractivity contribution in [3.8, 4) is 23.3 Å². The lowest BCUT2D eigenvalue weighted by Crippen LogP contribution is -2.36. The molecule has 4 heterocycles. The highest BCUT2D eigenvalue weighted by Gasteiger charge is 2.21. The number of hydrogen-bond acceptors (Lipinski definition) is 11. The molecule has 0 atom stereocenters. The Bertz CT molecular complexity index is 1720. The van der Waals surface area contributed by atoms with E-state index in [-0.39, 0.29) is 11.6 Å². The van der Waals surface area contributed by atoms with E-state index in [4.69, 9.17) is 19.5 Å². The van der Waals surface area contributed by atoms with Gasteiger partial charge in [0.25, 0.3) is 0 Å². The molecule has 0 bridgehead atoms. The number of hydrogen-bond donors (Lipinski definition) is 2. The molecule has 0 unspecified atom stereocenters. The molecule has 2 aromatic heterocycles. The molecule has 12 heteroatoms. The summed E-state index contributed by atoms with van der Waals surface area (Å²) in [5.41, 5.74) is 1.82. The second-order valence-corrected chi connectivity index (χ2v) is 11.5. The van der Waals surface area contributed by atoms with Crippen LogP contribution in [0.5, 0.6) is 17.2 Å². The van der Waals surface area contributed by atoms with E-state index in [0.717, 1.165) is 68.8 Å². The van der Waals surface area contributed by atoms with E-state index in [1.165, 1.54) is 18.5 Å². The first-order valence-corrected chi connectivity index (χ1v) is 15.6. The normalized spacial score (nSPS) is 15.6. The van der Waals surface area contributed by atoms with Gasteiger partial charge in [0.05, 0.1) is 30.1 Å².